The number of hydrogen-bond donors (Lipinski definition) is 3. The zero-order valence-electron chi connectivity index (χ0n) is 16.0. The summed E-state index contributed by atoms with van der Waals surface area (Å²) in [5.74, 6) is 1.11. The summed E-state index contributed by atoms with van der Waals surface area (Å²) in [6.07, 6.45) is 4.62. The third-order valence-corrected chi connectivity index (χ3v) is 4.68. The molecule has 0 aliphatic heterocycles. The fraction of sp³-hybridized carbons (Fsp3) is 0.400. The first kappa shape index (κ1) is 19.2. The molecule has 0 unspecified atom stereocenters. The van der Waals surface area contributed by atoms with Crippen LogP contribution in [0.4, 0.5) is 11.6 Å². The van der Waals surface area contributed by atoms with E-state index in [1.54, 1.807) is 0 Å². The second-order valence-corrected chi connectivity index (χ2v) is 7.32. The van der Waals surface area contributed by atoms with Crippen LogP contribution in [0.1, 0.15) is 42.6 Å². The van der Waals surface area contributed by atoms with Crippen LogP contribution in [-0.2, 0) is 0 Å². The first-order valence-electron chi connectivity index (χ1n) is 9.30. The Morgan fingerprint density at radius 3 is 2.37 bits per heavy atom. The van der Waals surface area contributed by atoms with Crippen LogP contribution in [0.25, 0.3) is 0 Å². The molecule has 1 saturated carbocycles. The monoisotopic (exact) mass is 382 g/mol. The van der Waals surface area contributed by atoms with Gasteiger partial charge in [0, 0.05) is 17.1 Å². The van der Waals surface area contributed by atoms with Crippen molar-refractivity contribution in [3.8, 4) is 0 Å². The van der Waals surface area contributed by atoms with Crippen LogP contribution in [0.5, 0.6) is 0 Å². The molecular weight excluding hydrogens is 356 g/mol. The molecule has 1 fully saturated rings. The van der Waals surface area contributed by atoms with Crippen molar-refractivity contribution in [2.45, 2.75) is 52.5 Å². The molecule has 1 heterocycles. The van der Waals surface area contributed by atoms with E-state index < -0.39 is 0 Å². The maximum atomic E-state index is 5.50. The number of benzene rings is 1. The van der Waals surface area contributed by atoms with E-state index in [4.69, 9.17) is 17.2 Å². The minimum absolute atomic E-state index is 0.298. The average molecular weight is 383 g/mol. The van der Waals surface area contributed by atoms with Gasteiger partial charge in [-0.2, -0.15) is 0 Å². The summed E-state index contributed by atoms with van der Waals surface area (Å²) in [5.41, 5.74) is 3.91. The van der Waals surface area contributed by atoms with Gasteiger partial charge in [-0.15, -0.1) is 0 Å². The molecule has 3 rings (SSSR count). The van der Waals surface area contributed by atoms with E-state index in [0.29, 0.717) is 23.1 Å². The van der Waals surface area contributed by atoms with Crippen LogP contribution in [0.3, 0.4) is 0 Å². The molecule has 0 spiro atoms. The molecule has 1 aliphatic carbocycles. The lowest BCUT2D eigenvalue weighted by molar-refractivity contribution is 0.703. The maximum Gasteiger partial charge on any atom is 0.229 e. The highest BCUT2D eigenvalue weighted by Crippen LogP contribution is 2.21. The van der Waals surface area contributed by atoms with Gasteiger partial charge in [0.25, 0.3) is 0 Å². The van der Waals surface area contributed by atoms with E-state index in [9.17, 15) is 0 Å². The summed E-state index contributed by atoms with van der Waals surface area (Å²) in [5, 5.41) is 10.1. The van der Waals surface area contributed by atoms with Gasteiger partial charge in [-0.3, -0.25) is 5.32 Å². The number of aryl methyl sites for hydroxylation is 3. The number of hydrogen-bond acceptors (Lipinski definition) is 4. The summed E-state index contributed by atoms with van der Waals surface area (Å²) in [6, 6.07) is 10.3. The zero-order chi connectivity index (χ0) is 19.2. The van der Waals surface area contributed by atoms with E-state index in [1.807, 2.05) is 51.1 Å². The van der Waals surface area contributed by atoms with Gasteiger partial charge >= 0.3 is 0 Å². The molecule has 0 radical (unpaired) electrons. The van der Waals surface area contributed by atoms with Crippen molar-refractivity contribution in [1.82, 2.24) is 15.3 Å². The van der Waals surface area contributed by atoms with Gasteiger partial charge in [0.15, 0.2) is 5.11 Å². The summed E-state index contributed by atoms with van der Waals surface area (Å²) in [4.78, 5) is 13.7. The Labute approximate surface area is 165 Å². The van der Waals surface area contributed by atoms with Crippen molar-refractivity contribution in [2.75, 3.05) is 10.6 Å². The molecule has 3 N–H and O–H groups in total. The molecule has 142 valence electrons. The fourth-order valence-electron chi connectivity index (χ4n) is 3.17. The second kappa shape index (κ2) is 8.90. The van der Waals surface area contributed by atoms with Crippen molar-refractivity contribution in [3.63, 3.8) is 0 Å². The number of rotatable bonds is 3. The zero-order valence-corrected chi connectivity index (χ0v) is 16.9. The standard InChI is InChI=1S/C20H26N6S/c1-13-8-4-7-11-17(13)24-20(27)26-19(23-16-9-5-6-10-16)25-18-21-14(2)12-15(3)22-18/h4,7-8,11-12,16H,5-6,9-10H2,1-3H3,(H3,21,22,23,24,25,26,27). The molecule has 0 saturated heterocycles. The Morgan fingerprint density at radius 1 is 1.04 bits per heavy atom. The topological polar surface area (TPSA) is 74.2 Å². The molecule has 0 bridgehead atoms. The lowest BCUT2D eigenvalue weighted by Gasteiger charge is -2.16. The molecule has 27 heavy (non-hydrogen) atoms. The predicted molar refractivity (Wildman–Crippen MR) is 115 cm³/mol. The Kier molecular flexibility index (Phi) is 6.34. The van der Waals surface area contributed by atoms with E-state index >= 15 is 0 Å². The third-order valence-electron chi connectivity index (χ3n) is 4.47. The Hall–Kier alpha value is -2.54. The lowest BCUT2D eigenvalue weighted by atomic mass is 10.2. The quantitative estimate of drug-likeness (QED) is 0.422. The Balaban J connectivity index is 1.75. The van der Waals surface area contributed by atoms with Crippen LogP contribution < -0.4 is 16.0 Å². The smallest absolute Gasteiger partial charge is 0.229 e. The van der Waals surface area contributed by atoms with Crippen molar-refractivity contribution in [3.05, 3.63) is 47.3 Å². The molecule has 0 amide bonds. The van der Waals surface area contributed by atoms with Gasteiger partial charge in [0.2, 0.25) is 11.9 Å². The normalized spacial score (nSPS) is 14.9. The molecule has 1 aromatic heterocycles. The Morgan fingerprint density at radius 2 is 1.70 bits per heavy atom. The van der Waals surface area contributed by atoms with Crippen molar-refractivity contribution < 1.29 is 0 Å². The lowest BCUT2D eigenvalue weighted by Crippen LogP contribution is -2.40. The average Bonchev–Trinajstić information content (AvgIpc) is 3.09. The first-order chi connectivity index (χ1) is 13.0. The fourth-order valence-corrected chi connectivity index (χ4v) is 3.38. The highest BCUT2D eigenvalue weighted by Gasteiger charge is 2.16. The number of thiocarbonyl (C=S) groups is 1. The molecule has 0 atom stereocenters. The number of para-hydroxylation sites is 1. The van der Waals surface area contributed by atoms with Crippen molar-refractivity contribution in [2.24, 2.45) is 4.99 Å². The number of nitrogens with one attached hydrogen (secondary N) is 3. The van der Waals surface area contributed by atoms with E-state index in [0.717, 1.165) is 35.5 Å². The van der Waals surface area contributed by atoms with Crippen LogP contribution in [0, 0.1) is 20.8 Å². The van der Waals surface area contributed by atoms with Crippen LogP contribution >= 0.6 is 12.2 Å². The van der Waals surface area contributed by atoms with Crippen LogP contribution in [0.2, 0.25) is 0 Å². The Bertz CT molecular complexity index is 822. The molecule has 2 aromatic rings. The number of aliphatic imine (C=N–C) groups is 1. The molecule has 1 aliphatic rings. The highest BCUT2D eigenvalue weighted by atomic mass is 32.1. The summed E-state index contributed by atoms with van der Waals surface area (Å²) >= 11 is 5.50. The van der Waals surface area contributed by atoms with Crippen molar-refractivity contribution >= 4 is 34.9 Å². The second-order valence-electron chi connectivity index (χ2n) is 6.91. The predicted octanol–water partition coefficient (Wildman–Crippen LogP) is 4.10. The van der Waals surface area contributed by atoms with Crippen LogP contribution in [-0.4, -0.2) is 27.1 Å². The highest BCUT2D eigenvalue weighted by molar-refractivity contribution is 7.80. The number of anilines is 2. The SMILES string of the molecule is Cc1cc(C)nc(NC(=NC2CCCC2)NC(=S)Nc2ccccc2C)n1. The van der Waals surface area contributed by atoms with Gasteiger partial charge in [0.1, 0.15) is 0 Å². The first-order valence-corrected chi connectivity index (χ1v) is 9.71. The summed E-state index contributed by atoms with van der Waals surface area (Å²) < 4.78 is 0. The third kappa shape index (κ3) is 5.72. The van der Waals surface area contributed by atoms with Crippen molar-refractivity contribution in [1.29, 1.82) is 0 Å². The summed E-state index contributed by atoms with van der Waals surface area (Å²) in [6.45, 7) is 5.94. The van der Waals surface area contributed by atoms with E-state index in [-0.39, 0.29) is 0 Å². The van der Waals surface area contributed by atoms with Gasteiger partial charge in [-0.1, -0.05) is 31.0 Å². The van der Waals surface area contributed by atoms with E-state index in [2.05, 4.69) is 25.9 Å². The number of aromatic nitrogens is 2. The van der Waals surface area contributed by atoms with E-state index in [1.165, 1.54) is 12.8 Å². The largest absolute Gasteiger partial charge is 0.332 e. The van der Waals surface area contributed by atoms with Gasteiger partial charge in [-0.25, -0.2) is 15.0 Å². The minimum Gasteiger partial charge on any atom is -0.332 e. The van der Waals surface area contributed by atoms with Crippen LogP contribution in [0.15, 0.2) is 35.3 Å². The van der Waals surface area contributed by atoms with Gasteiger partial charge < -0.3 is 10.6 Å². The molecular formula is C20H26N6S. The maximum absolute atomic E-state index is 5.50. The van der Waals surface area contributed by atoms with Gasteiger partial charge in [0.05, 0.1) is 6.04 Å². The molecule has 6 nitrogen and oxygen atoms in total. The number of guanidine groups is 1. The van der Waals surface area contributed by atoms with Gasteiger partial charge in [-0.05, 0) is 63.5 Å². The number of nitrogens with zero attached hydrogens (tertiary/aromatic N) is 3. The summed E-state index contributed by atoms with van der Waals surface area (Å²) in [7, 11) is 0. The molecule has 7 heteroatoms. The molecule has 1 aromatic carbocycles. The minimum atomic E-state index is 0.298.